The highest BCUT2D eigenvalue weighted by atomic mass is 16.6. The van der Waals surface area contributed by atoms with Crippen LogP contribution < -0.4 is 10.1 Å². The summed E-state index contributed by atoms with van der Waals surface area (Å²) in [5.41, 5.74) is 2.34. The molecule has 8 nitrogen and oxygen atoms in total. The molecule has 0 unspecified atom stereocenters. The molecule has 1 amide bonds. The molecule has 2 aromatic rings. The quantitative estimate of drug-likeness (QED) is 0.455. The monoisotopic (exact) mass is 372 g/mol. The minimum Gasteiger partial charge on any atom is -0.482 e. The largest absolute Gasteiger partial charge is 0.482 e. The number of esters is 1. The second kappa shape index (κ2) is 8.79. The molecule has 0 aromatic heterocycles. The molecule has 0 saturated carbocycles. The van der Waals surface area contributed by atoms with Crippen LogP contribution in [0.2, 0.25) is 0 Å². The third-order valence-electron chi connectivity index (χ3n) is 3.79. The number of nitro benzene ring substituents is 1. The third kappa shape index (κ3) is 5.81. The fraction of sp³-hybridized carbons (Fsp3) is 0.263. The number of hydrogen-bond donors (Lipinski definition) is 1. The van der Waals surface area contributed by atoms with Crippen molar-refractivity contribution in [2.24, 2.45) is 0 Å². The first-order valence-electron chi connectivity index (χ1n) is 8.17. The molecule has 0 spiro atoms. The first-order valence-corrected chi connectivity index (χ1v) is 8.17. The number of hydrogen-bond acceptors (Lipinski definition) is 6. The van der Waals surface area contributed by atoms with Crippen molar-refractivity contribution in [3.63, 3.8) is 0 Å². The maximum absolute atomic E-state index is 12.0. The Morgan fingerprint density at radius 2 is 1.78 bits per heavy atom. The zero-order valence-electron chi connectivity index (χ0n) is 15.3. The number of nitro groups is 1. The molecule has 27 heavy (non-hydrogen) atoms. The van der Waals surface area contributed by atoms with Gasteiger partial charge in [-0.05, 0) is 55.7 Å². The van der Waals surface area contributed by atoms with E-state index < -0.39 is 23.4 Å². The van der Waals surface area contributed by atoms with E-state index in [0.717, 1.165) is 16.7 Å². The van der Waals surface area contributed by atoms with Crippen LogP contribution in [0.1, 0.15) is 16.7 Å². The summed E-state index contributed by atoms with van der Waals surface area (Å²) in [7, 11) is 0. The van der Waals surface area contributed by atoms with Gasteiger partial charge in [-0.15, -0.1) is 0 Å². The van der Waals surface area contributed by atoms with Gasteiger partial charge in [0, 0.05) is 6.07 Å². The number of amides is 1. The number of benzene rings is 2. The van der Waals surface area contributed by atoms with Crippen molar-refractivity contribution < 1.29 is 24.0 Å². The lowest BCUT2D eigenvalue weighted by Crippen LogP contribution is -2.24. The van der Waals surface area contributed by atoms with Gasteiger partial charge in [-0.25, -0.2) is 4.79 Å². The summed E-state index contributed by atoms with van der Waals surface area (Å²) in [6.07, 6.45) is 0. The van der Waals surface area contributed by atoms with Crippen molar-refractivity contribution in [2.45, 2.75) is 20.8 Å². The van der Waals surface area contributed by atoms with Gasteiger partial charge in [-0.2, -0.15) is 0 Å². The zero-order valence-corrected chi connectivity index (χ0v) is 15.3. The van der Waals surface area contributed by atoms with Crippen molar-refractivity contribution in [2.75, 3.05) is 18.5 Å². The fourth-order valence-corrected chi connectivity index (χ4v) is 2.27. The predicted octanol–water partition coefficient (Wildman–Crippen LogP) is 3.08. The summed E-state index contributed by atoms with van der Waals surface area (Å²) < 4.78 is 10.1. The van der Waals surface area contributed by atoms with Gasteiger partial charge in [-0.1, -0.05) is 12.1 Å². The molecule has 0 bridgehead atoms. The number of carbonyl (C=O) groups is 2. The summed E-state index contributed by atoms with van der Waals surface area (Å²) in [6, 6.07) is 10.0. The summed E-state index contributed by atoms with van der Waals surface area (Å²) >= 11 is 0. The van der Waals surface area contributed by atoms with E-state index in [4.69, 9.17) is 9.47 Å². The Kier molecular flexibility index (Phi) is 6.48. The van der Waals surface area contributed by atoms with Gasteiger partial charge in [0.05, 0.1) is 4.92 Å². The topological polar surface area (TPSA) is 108 Å². The lowest BCUT2D eigenvalue weighted by Gasteiger charge is -2.10. The lowest BCUT2D eigenvalue weighted by molar-refractivity contribution is -0.384. The third-order valence-corrected chi connectivity index (χ3v) is 3.79. The predicted molar refractivity (Wildman–Crippen MR) is 98.8 cm³/mol. The minimum absolute atomic E-state index is 0.0557. The Morgan fingerprint density at radius 1 is 1.07 bits per heavy atom. The van der Waals surface area contributed by atoms with E-state index in [1.165, 1.54) is 12.1 Å². The van der Waals surface area contributed by atoms with Gasteiger partial charge in [0.1, 0.15) is 11.4 Å². The highest BCUT2D eigenvalue weighted by molar-refractivity contribution is 5.95. The summed E-state index contributed by atoms with van der Waals surface area (Å²) in [5.74, 6) is -0.881. The number of nitrogens with one attached hydrogen (secondary N) is 1. The molecule has 0 aliphatic carbocycles. The molecule has 0 fully saturated rings. The van der Waals surface area contributed by atoms with Crippen LogP contribution in [-0.4, -0.2) is 30.0 Å². The summed E-state index contributed by atoms with van der Waals surface area (Å²) in [5, 5.41) is 13.5. The number of carbonyl (C=O) groups excluding carboxylic acids is 2. The number of aryl methyl sites for hydroxylation is 3. The Labute approximate surface area is 156 Å². The molecule has 2 aromatic carbocycles. The highest BCUT2D eigenvalue weighted by Gasteiger charge is 2.18. The number of rotatable bonds is 7. The molecular formula is C19H20N2O6. The molecular weight excluding hydrogens is 352 g/mol. The molecule has 0 heterocycles. The van der Waals surface area contributed by atoms with Gasteiger partial charge in [0.15, 0.2) is 13.2 Å². The van der Waals surface area contributed by atoms with Crippen LogP contribution in [0.15, 0.2) is 36.4 Å². The second-order valence-electron chi connectivity index (χ2n) is 6.02. The Bertz CT molecular complexity index is 878. The van der Waals surface area contributed by atoms with Gasteiger partial charge in [0.2, 0.25) is 0 Å². The molecule has 0 atom stereocenters. The summed E-state index contributed by atoms with van der Waals surface area (Å²) in [4.78, 5) is 34.2. The van der Waals surface area contributed by atoms with Gasteiger partial charge < -0.3 is 14.8 Å². The smallest absolute Gasteiger partial charge is 0.344 e. The first-order chi connectivity index (χ1) is 12.8. The molecule has 0 saturated heterocycles. The molecule has 142 valence electrons. The zero-order chi connectivity index (χ0) is 20.0. The van der Waals surface area contributed by atoms with Crippen LogP contribution in [0.3, 0.4) is 0 Å². The molecule has 2 rings (SSSR count). The van der Waals surface area contributed by atoms with E-state index in [1.807, 2.05) is 13.0 Å². The van der Waals surface area contributed by atoms with Crippen LogP contribution in [0.25, 0.3) is 0 Å². The van der Waals surface area contributed by atoms with Crippen LogP contribution in [0.4, 0.5) is 11.4 Å². The molecule has 1 N–H and O–H groups in total. The number of anilines is 1. The maximum Gasteiger partial charge on any atom is 0.344 e. The second-order valence-corrected chi connectivity index (χ2v) is 6.02. The van der Waals surface area contributed by atoms with E-state index in [0.29, 0.717) is 5.75 Å². The summed E-state index contributed by atoms with van der Waals surface area (Å²) in [6.45, 7) is 4.49. The molecule has 0 radical (unpaired) electrons. The minimum atomic E-state index is -0.721. The average molecular weight is 372 g/mol. The molecule has 8 heteroatoms. The standard InChI is InChI=1S/C19H20N2O6/c1-12-5-4-6-15(7-12)26-11-19(23)27-10-18(22)20-16-8-13(2)14(3)9-17(16)21(24)25/h4-9H,10-11H2,1-3H3,(H,20,22). The van der Waals surface area contributed by atoms with Gasteiger partial charge in [-0.3, -0.25) is 14.9 Å². The van der Waals surface area contributed by atoms with Crippen LogP contribution >= 0.6 is 0 Å². The van der Waals surface area contributed by atoms with Crippen molar-refractivity contribution in [1.82, 2.24) is 0 Å². The SMILES string of the molecule is Cc1cccc(OCC(=O)OCC(=O)Nc2cc(C)c(C)cc2[N+](=O)[O-])c1. The van der Waals surface area contributed by atoms with Crippen molar-refractivity contribution >= 4 is 23.3 Å². The normalized spacial score (nSPS) is 10.2. The van der Waals surface area contributed by atoms with Crippen molar-refractivity contribution in [3.8, 4) is 5.75 Å². The molecule has 0 aliphatic rings. The average Bonchev–Trinajstić information content (AvgIpc) is 2.61. The first kappa shape index (κ1) is 19.9. The van der Waals surface area contributed by atoms with E-state index in [1.54, 1.807) is 32.0 Å². The Hall–Kier alpha value is -3.42. The number of nitrogens with zero attached hydrogens (tertiary/aromatic N) is 1. The van der Waals surface area contributed by atoms with Gasteiger partial charge >= 0.3 is 5.97 Å². The van der Waals surface area contributed by atoms with Crippen molar-refractivity contribution in [3.05, 3.63) is 63.2 Å². The maximum atomic E-state index is 12.0. The van der Waals surface area contributed by atoms with E-state index >= 15 is 0 Å². The van der Waals surface area contributed by atoms with E-state index in [9.17, 15) is 19.7 Å². The van der Waals surface area contributed by atoms with Crippen LogP contribution in [-0.2, 0) is 14.3 Å². The fourth-order valence-electron chi connectivity index (χ4n) is 2.27. The van der Waals surface area contributed by atoms with Crippen LogP contribution in [0.5, 0.6) is 5.75 Å². The van der Waals surface area contributed by atoms with E-state index in [-0.39, 0.29) is 18.0 Å². The lowest BCUT2D eigenvalue weighted by atomic mass is 10.1. The van der Waals surface area contributed by atoms with Crippen LogP contribution in [0, 0.1) is 30.9 Å². The Balaban J connectivity index is 1.88. The highest BCUT2D eigenvalue weighted by Crippen LogP contribution is 2.27. The molecule has 0 aliphatic heterocycles. The van der Waals surface area contributed by atoms with Gasteiger partial charge in [0.25, 0.3) is 11.6 Å². The van der Waals surface area contributed by atoms with Crippen molar-refractivity contribution in [1.29, 1.82) is 0 Å². The Morgan fingerprint density at radius 3 is 2.44 bits per heavy atom. The van der Waals surface area contributed by atoms with E-state index in [2.05, 4.69) is 5.32 Å². The number of ether oxygens (including phenoxy) is 2.